The molecule has 1 aliphatic rings. The lowest BCUT2D eigenvalue weighted by Gasteiger charge is -2.19. The fourth-order valence-corrected chi connectivity index (χ4v) is 3.21. The van der Waals surface area contributed by atoms with Crippen LogP contribution in [0.4, 0.5) is 4.39 Å². The highest BCUT2D eigenvalue weighted by molar-refractivity contribution is 6.11. The summed E-state index contributed by atoms with van der Waals surface area (Å²) >= 11 is 0. The number of allylic oxidation sites excluding steroid dienone is 4. The normalized spacial score (nSPS) is 14.7. The van der Waals surface area contributed by atoms with Crippen LogP contribution < -0.4 is 5.73 Å². The molecule has 0 saturated heterocycles. The average molecular weight is 430 g/mol. The monoisotopic (exact) mass is 429 g/mol. The summed E-state index contributed by atoms with van der Waals surface area (Å²) in [7, 11) is 1.50. The minimum Gasteiger partial charge on any atom is -0.483 e. The molecule has 2 rings (SSSR count). The maximum absolute atomic E-state index is 14.6. The van der Waals surface area contributed by atoms with Crippen molar-refractivity contribution in [3.8, 4) is 0 Å². The molecule has 0 heterocycles. The van der Waals surface area contributed by atoms with Crippen LogP contribution in [-0.2, 0) is 11.2 Å². The van der Waals surface area contributed by atoms with Gasteiger partial charge in [-0.25, -0.2) is 4.39 Å². The van der Waals surface area contributed by atoms with Gasteiger partial charge < -0.3 is 10.8 Å². The Bertz CT molecular complexity index is 736. The molecule has 0 aromatic heterocycles. The van der Waals surface area contributed by atoms with Crippen molar-refractivity contribution in [1.82, 2.24) is 0 Å². The van der Waals surface area contributed by atoms with Gasteiger partial charge in [0.05, 0.1) is 12.2 Å². The van der Waals surface area contributed by atoms with E-state index < -0.39 is 5.83 Å². The smallest absolute Gasteiger partial charge is 0.290 e. The Kier molecular flexibility index (Phi) is 17.4. The van der Waals surface area contributed by atoms with Gasteiger partial charge >= 0.3 is 0 Å². The zero-order valence-corrected chi connectivity index (χ0v) is 18.5. The molecule has 1 saturated carbocycles. The molecule has 0 radical (unpaired) electrons. The first kappa shape index (κ1) is 28.1. The molecule has 0 aliphatic heterocycles. The van der Waals surface area contributed by atoms with Gasteiger partial charge in [-0.3, -0.25) is 14.8 Å². The van der Waals surface area contributed by atoms with Crippen LogP contribution in [0.25, 0.3) is 0 Å². The average Bonchev–Trinajstić information content (AvgIpc) is 2.80. The van der Waals surface area contributed by atoms with E-state index in [0.29, 0.717) is 5.71 Å². The number of rotatable bonds is 9. The van der Waals surface area contributed by atoms with Gasteiger partial charge in [-0.2, -0.15) is 0 Å². The Morgan fingerprint density at radius 2 is 1.90 bits per heavy atom. The molecular weight excluding hydrogens is 393 g/mol. The Morgan fingerprint density at radius 1 is 1.23 bits per heavy atom. The summed E-state index contributed by atoms with van der Waals surface area (Å²) in [4.78, 5) is 16.7. The summed E-state index contributed by atoms with van der Waals surface area (Å²) in [5.41, 5.74) is 6.86. The number of carboxylic acid groups (broad SMARTS) is 1. The van der Waals surface area contributed by atoms with E-state index >= 15 is 0 Å². The van der Waals surface area contributed by atoms with Gasteiger partial charge in [-0.15, -0.1) is 6.58 Å². The van der Waals surface area contributed by atoms with E-state index in [1.807, 2.05) is 24.3 Å². The van der Waals surface area contributed by atoms with Crippen molar-refractivity contribution in [2.45, 2.75) is 57.4 Å². The quantitative estimate of drug-likeness (QED) is 0.230. The van der Waals surface area contributed by atoms with Crippen molar-refractivity contribution in [2.24, 2.45) is 15.7 Å². The minimum absolute atomic E-state index is 0.199. The SMILES string of the molecule is C=CCC/C=C\Cc1cccc(C(=NC2CCCCC2)/C(F)=C\N=C)c1.CN.O=CO. The van der Waals surface area contributed by atoms with Crippen LogP contribution >= 0.6 is 0 Å². The molecule has 6 heteroatoms. The van der Waals surface area contributed by atoms with Crippen LogP contribution in [0.15, 0.2) is 71.1 Å². The Labute approximate surface area is 186 Å². The lowest BCUT2D eigenvalue weighted by molar-refractivity contribution is -0.122. The summed E-state index contributed by atoms with van der Waals surface area (Å²) in [5.74, 6) is -0.413. The van der Waals surface area contributed by atoms with E-state index in [4.69, 9.17) is 14.9 Å². The summed E-state index contributed by atoms with van der Waals surface area (Å²) in [6.45, 7) is 6.85. The molecule has 0 spiro atoms. The van der Waals surface area contributed by atoms with Crippen LogP contribution in [0.5, 0.6) is 0 Å². The summed E-state index contributed by atoms with van der Waals surface area (Å²) in [5, 5.41) is 6.89. The largest absolute Gasteiger partial charge is 0.483 e. The lowest BCUT2D eigenvalue weighted by Crippen LogP contribution is -2.14. The molecule has 0 amide bonds. The zero-order chi connectivity index (χ0) is 23.3. The fraction of sp³-hybridized carbons (Fsp3) is 0.400. The van der Waals surface area contributed by atoms with E-state index in [2.05, 4.69) is 42.2 Å². The third kappa shape index (κ3) is 12.4. The van der Waals surface area contributed by atoms with Gasteiger partial charge in [0.2, 0.25) is 0 Å². The number of benzene rings is 1. The van der Waals surface area contributed by atoms with Crippen molar-refractivity contribution >= 4 is 18.9 Å². The van der Waals surface area contributed by atoms with Crippen LogP contribution in [0.1, 0.15) is 56.1 Å². The predicted molar refractivity (Wildman–Crippen MR) is 130 cm³/mol. The third-order valence-corrected chi connectivity index (χ3v) is 4.58. The number of hydrogen-bond donors (Lipinski definition) is 2. The number of hydrogen-bond acceptors (Lipinski definition) is 4. The van der Waals surface area contributed by atoms with Crippen molar-refractivity contribution in [2.75, 3.05) is 7.05 Å². The molecule has 0 unspecified atom stereocenters. The molecular formula is C25H36FN3O2. The Morgan fingerprint density at radius 3 is 2.52 bits per heavy atom. The molecule has 0 bridgehead atoms. The highest BCUT2D eigenvalue weighted by Crippen LogP contribution is 2.23. The Hall–Kier alpha value is -2.86. The van der Waals surface area contributed by atoms with Gasteiger partial charge in [0, 0.05) is 5.56 Å². The molecule has 170 valence electrons. The third-order valence-electron chi connectivity index (χ3n) is 4.58. The number of unbranched alkanes of at least 4 members (excludes halogenated alkanes) is 1. The first-order valence-corrected chi connectivity index (χ1v) is 10.6. The molecule has 1 fully saturated rings. The van der Waals surface area contributed by atoms with E-state index in [9.17, 15) is 4.39 Å². The van der Waals surface area contributed by atoms with Crippen LogP contribution in [0.3, 0.4) is 0 Å². The topological polar surface area (TPSA) is 88.0 Å². The second kappa shape index (κ2) is 19.1. The standard InChI is InChI=1S/C23H29FN2.CH5N.CH2O2/c1-3-4-5-6-8-12-19-13-11-14-20(17-19)23(22(24)18-25-2)26-21-15-9-7-10-16-21;1-2;2-1-3/h3,6,8,11,13-14,17-18,21H,1-2,4-5,7,9-10,12,15-16H2;2H2,1H3;1H,(H,2,3)/b8-6-,22-18+,26-23?;;. The highest BCUT2D eigenvalue weighted by atomic mass is 19.1. The zero-order valence-electron chi connectivity index (χ0n) is 18.5. The molecule has 1 aliphatic carbocycles. The van der Waals surface area contributed by atoms with Gasteiger partial charge in [0.15, 0.2) is 5.83 Å². The van der Waals surface area contributed by atoms with E-state index in [1.165, 1.54) is 26.3 Å². The van der Waals surface area contributed by atoms with Gasteiger partial charge in [0.25, 0.3) is 6.47 Å². The van der Waals surface area contributed by atoms with Crippen molar-refractivity contribution in [1.29, 1.82) is 0 Å². The summed E-state index contributed by atoms with van der Waals surface area (Å²) < 4.78 is 14.6. The fourth-order valence-electron chi connectivity index (χ4n) is 3.21. The van der Waals surface area contributed by atoms with Gasteiger partial charge in [-0.05, 0) is 57.5 Å². The molecule has 3 N–H and O–H groups in total. The number of halogens is 1. The second-order valence-corrected chi connectivity index (χ2v) is 6.78. The van der Waals surface area contributed by atoms with Crippen molar-refractivity contribution in [3.63, 3.8) is 0 Å². The number of carbonyl (C=O) groups is 1. The molecule has 1 aromatic carbocycles. The van der Waals surface area contributed by atoms with Crippen molar-refractivity contribution in [3.05, 3.63) is 72.2 Å². The predicted octanol–water partition coefficient (Wildman–Crippen LogP) is 5.66. The molecule has 1 aromatic rings. The first-order chi connectivity index (χ1) is 15.2. The van der Waals surface area contributed by atoms with E-state index in [1.54, 1.807) is 0 Å². The lowest BCUT2D eigenvalue weighted by atomic mass is 9.95. The highest BCUT2D eigenvalue weighted by Gasteiger charge is 2.17. The second-order valence-electron chi connectivity index (χ2n) is 6.78. The number of nitrogens with two attached hydrogens (primary N) is 1. The first-order valence-electron chi connectivity index (χ1n) is 10.6. The maximum Gasteiger partial charge on any atom is 0.290 e. The Balaban J connectivity index is 0.00000165. The minimum atomic E-state index is -0.413. The van der Waals surface area contributed by atoms with Crippen LogP contribution in [0, 0.1) is 0 Å². The number of nitrogens with zero attached hydrogens (tertiary/aromatic N) is 2. The number of aliphatic imine (C=N–C) groups is 2. The van der Waals surface area contributed by atoms with E-state index in [-0.39, 0.29) is 12.5 Å². The van der Waals surface area contributed by atoms with E-state index in [0.717, 1.165) is 49.4 Å². The summed E-state index contributed by atoms with van der Waals surface area (Å²) in [6, 6.07) is 8.17. The molecule has 31 heavy (non-hydrogen) atoms. The molecule has 0 atom stereocenters. The molecule has 5 nitrogen and oxygen atoms in total. The maximum atomic E-state index is 14.6. The van der Waals surface area contributed by atoms with Crippen LogP contribution in [0.2, 0.25) is 0 Å². The van der Waals surface area contributed by atoms with Gasteiger partial charge in [0.1, 0.15) is 5.71 Å². The van der Waals surface area contributed by atoms with Crippen molar-refractivity contribution < 1.29 is 14.3 Å². The van der Waals surface area contributed by atoms with Crippen LogP contribution in [-0.4, -0.2) is 37.1 Å². The summed E-state index contributed by atoms with van der Waals surface area (Å²) in [6.07, 6.45) is 15.8. The van der Waals surface area contributed by atoms with Gasteiger partial charge in [-0.1, -0.05) is 55.7 Å².